The number of nitrogens with one attached hydrogen (secondary N) is 3. The number of carbonyl (C=O) groups excluding carboxylic acids is 3. The number of hydrogen-bond donors (Lipinski definition) is 3. The van der Waals surface area contributed by atoms with Gasteiger partial charge in [-0.3, -0.25) is 24.4 Å². The molecule has 1 unspecified atom stereocenters. The maximum absolute atomic E-state index is 13.2. The number of amides is 2. The quantitative estimate of drug-likeness (QED) is 0.226. The Labute approximate surface area is 246 Å². The number of ketones is 1. The molecular formula is C30H23F6N5O3. The van der Waals surface area contributed by atoms with E-state index in [1.165, 1.54) is 18.3 Å². The van der Waals surface area contributed by atoms with E-state index in [0.29, 0.717) is 28.9 Å². The predicted molar refractivity (Wildman–Crippen MR) is 146 cm³/mol. The Kier molecular flexibility index (Phi) is 8.28. The number of rotatable bonds is 8. The summed E-state index contributed by atoms with van der Waals surface area (Å²) in [7, 11) is 0. The summed E-state index contributed by atoms with van der Waals surface area (Å²) >= 11 is 0. The summed E-state index contributed by atoms with van der Waals surface area (Å²) in [6.07, 6.45) is -6.80. The zero-order valence-electron chi connectivity index (χ0n) is 22.6. The van der Waals surface area contributed by atoms with Crippen molar-refractivity contribution in [3.63, 3.8) is 0 Å². The number of anilines is 1. The number of hydrogen-bond acceptors (Lipinski definition) is 5. The van der Waals surface area contributed by atoms with Crippen LogP contribution in [0.5, 0.6) is 0 Å². The van der Waals surface area contributed by atoms with Gasteiger partial charge in [0, 0.05) is 24.0 Å². The molecule has 3 N–H and O–H groups in total. The van der Waals surface area contributed by atoms with Crippen molar-refractivity contribution in [1.29, 1.82) is 0 Å². The van der Waals surface area contributed by atoms with E-state index in [1.54, 1.807) is 47.8 Å². The number of Topliss-reactive ketones (excluding diaryl/α,β-unsaturated/α-hetero) is 1. The van der Waals surface area contributed by atoms with Crippen molar-refractivity contribution in [1.82, 2.24) is 20.4 Å². The van der Waals surface area contributed by atoms with Crippen LogP contribution in [0.15, 0.2) is 79.1 Å². The van der Waals surface area contributed by atoms with Gasteiger partial charge in [-0.2, -0.15) is 31.4 Å². The molecule has 0 saturated heterocycles. The molecule has 44 heavy (non-hydrogen) atoms. The van der Waals surface area contributed by atoms with E-state index in [4.69, 9.17) is 0 Å². The number of aromatic nitrogens is 2. The number of fused-ring (bicyclic) bond motifs is 1. The molecule has 0 fully saturated rings. The fourth-order valence-electron chi connectivity index (χ4n) is 4.80. The second-order valence-electron chi connectivity index (χ2n) is 9.99. The molecule has 14 heteroatoms. The first kappa shape index (κ1) is 30.5. The highest BCUT2D eigenvalue weighted by Gasteiger charge is 2.31. The monoisotopic (exact) mass is 615 g/mol. The van der Waals surface area contributed by atoms with Crippen LogP contribution < -0.4 is 16.0 Å². The first-order valence-electron chi connectivity index (χ1n) is 13.1. The molecule has 0 spiro atoms. The number of halogens is 6. The SMILES string of the molecule is O=C(NCC(F)(F)F)c1cnn(CC(=O)C2NCc3cc(NC(=O)c4ccccc4-c4ccc(C(F)(F)F)cc4)ccc32)c1. The molecule has 0 saturated carbocycles. The summed E-state index contributed by atoms with van der Waals surface area (Å²) in [5, 5.41) is 11.5. The van der Waals surface area contributed by atoms with E-state index >= 15 is 0 Å². The minimum atomic E-state index is -4.56. The molecule has 0 bridgehead atoms. The van der Waals surface area contributed by atoms with Gasteiger partial charge >= 0.3 is 12.4 Å². The first-order valence-corrected chi connectivity index (χ1v) is 13.1. The normalized spacial score (nSPS) is 14.6. The Morgan fingerprint density at radius 3 is 2.36 bits per heavy atom. The van der Waals surface area contributed by atoms with Crippen molar-refractivity contribution in [2.24, 2.45) is 0 Å². The summed E-state index contributed by atoms with van der Waals surface area (Å²) in [5.74, 6) is -1.76. The largest absolute Gasteiger partial charge is 0.416 e. The first-order chi connectivity index (χ1) is 20.8. The van der Waals surface area contributed by atoms with Crippen molar-refractivity contribution in [2.45, 2.75) is 31.5 Å². The fourth-order valence-corrected chi connectivity index (χ4v) is 4.80. The summed E-state index contributed by atoms with van der Waals surface area (Å²) in [4.78, 5) is 38.1. The summed E-state index contributed by atoms with van der Waals surface area (Å²) in [6.45, 7) is -1.43. The lowest BCUT2D eigenvalue weighted by atomic mass is 9.97. The molecule has 1 aromatic heterocycles. The van der Waals surface area contributed by atoms with Crippen LogP contribution in [0.4, 0.5) is 32.0 Å². The number of carbonyl (C=O) groups is 3. The standard InChI is InChI=1S/C30H23F6N5O3/c31-29(32,33)16-38-27(43)19-13-39-41(14-19)15-25(42)26-23-10-9-21(11-18(23)12-37-26)40-28(44)24-4-2-1-3-22(24)17-5-7-20(8-6-17)30(34,35)36/h1-11,13-14,26,37H,12,15-16H2,(H,38,43)(H,40,44). The number of alkyl halides is 6. The Bertz CT molecular complexity index is 1710. The second-order valence-corrected chi connectivity index (χ2v) is 9.99. The molecule has 0 aliphatic carbocycles. The van der Waals surface area contributed by atoms with Crippen molar-refractivity contribution in [2.75, 3.05) is 11.9 Å². The van der Waals surface area contributed by atoms with E-state index in [-0.39, 0.29) is 23.5 Å². The lowest BCUT2D eigenvalue weighted by Gasteiger charge is -2.13. The third-order valence-electron chi connectivity index (χ3n) is 6.89. The molecule has 1 atom stereocenters. The molecule has 1 aliphatic heterocycles. The van der Waals surface area contributed by atoms with Crippen molar-refractivity contribution in [3.05, 3.63) is 107 Å². The molecule has 1 aliphatic rings. The predicted octanol–water partition coefficient (Wildman–Crippen LogP) is 5.53. The van der Waals surface area contributed by atoms with Gasteiger partial charge in [-0.1, -0.05) is 36.4 Å². The average molecular weight is 616 g/mol. The van der Waals surface area contributed by atoms with E-state index in [0.717, 1.165) is 28.6 Å². The van der Waals surface area contributed by atoms with Gasteiger partial charge in [0.25, 0.3) is 11.8 Å². The van der Waals surface area contributed by atoms with Gasteiger partial charge in [-0.15, -0.1) is 0 Å². The van der Waals surface area contributed by atoms with Gasteiger partial charge in [0.15, 0.2) is 5.78 Å². The highest BCUT2D eigenvalue weighted by molar-refractivity contribution is 6.08. The molecule has 228 valence electrons. The van der Waals surface area contributed by atoms with E-state index in [1.807, 2.05) is 0 Å². The zero-order valence-corrected chi connectivity index (χ0v) is 22.6. The second kappa shape index (κ2) is 12.0. The van der Waals surface area contributed by atoms with Crippen molar-refractivity contribution < 1.29 is 40.7 Å². The molecular weight excluding hydrogens is 592 g/mol. The van der Waals surface area contributed by atoms with Gasteiger partial charge in [0.05, 0.1) is 23.4 Å². The van der Waals surface area contributed by atoms with E-state index in [2.05, 4.69) is 15.7 Å². The molecule has 4 aromatic rings. The highest BCUT2D eigenvalue weighted by Crippen LogP contribution is 2.33. The summed E-state index contributed by atoms with van der Waals surface area (Å²) < 4.78 is 77.2. The maximum Gasteiger partial charge on any atom is 0.416 e. The Balaban J connectivity index is 1.24. The van der Waals surface area contributed by atoms with Crippen molar-refractivity contribution in [3.8, 4) is 11.1 Å². The molecule has 5 rings (SSSR count). The third kappa shape index (κ3) is 6.97. The van der Waals surface area contributed by atoms with E-state index in [9.17, 15) is 40.7 Å². The van der Waals surface area contributed by atoms with Crippen LogP contribution in [-0.2, 0) is 24.1 Å². The summed E-state index contributed by atoms with van der Waals surface area (Å²) in [6, 6.07) is 15.3. The van der Waals surface area contributed by atoms with Crippen LogP contribution in [0.2, 0.25) is 0 Å². The van der Waals surface area contributed by atoms with Crippen LogP contribution in [-0.4, -0.2) is 40.1 Å². The van der Waals surface area contributed by atoms with Crippen LogP contribution in [0, 0.1) is 0 Å². The zero-order chi connectivity index (χ0) is 31.6. The third-order valence-corrected chi connectivity index (χ3v) is 6.89. The van der Waals surface area contributed by atoms with Crippen LogP contribution in [0.3, 0.4) is 0 Å². The van der Waals surface area contributed by atoms with Crippen LogP contribution in [0.25, 0.3) is 11.1 Å². The van der Waals surface area contributed by atoms with Crippen LogP contribution >= 0.6 is 0 Å². The molecule has 0 radical (unpaired) electrons. The van der Waals surface area contributed by atoms with Crippen molar-refractivity contribution >= 4 is 23.3 Å². The molecule has 2 heterocycles. The smallest absolute Gasteiger partial charge is 0.343 e. The number of nitrogens with zero attached hydrogens (tertiary/aromatic N) is 2. The van der Waals surface area contributed by atoms with Gasteiger partial charge in [0.1, 0.15) is 13.1 Å². The minimum Gasteiger partial charge on any atom is -0.343 e. The van der Waals surface area contributed by atoms with Gasteiger partial charge in [-0.25, -0.2) is 0 Å². The van der Waals surface area contributed by atoms with Gasteiger partial charge in [-0.05, 0) is 52.6 Å². The average Bonchev–Trinajstić information content (AvgIpc) is 3.62. The number of benzene rings is 3. The Morgan fingerprint density at radius 1 is 0.932 bits per heavy atom. The molecule has 8 nitrogen and oxygen atoms in total. The topological polar surface area (TPSA) is 105 Å². The lowest BCUT2D eigenvalue weighted by molar-refractivity contribution is -0.137. The fraction of sp³-hybridized carbons (Fsp3) is 0.200. The van der Waals surface area contributed by atoms with Gasteiger partial charge < -0.3 is 10.6 Å². The summed E-state index contributed by atoms with van der Waals surface area (Å²) in [5.41, 5.74) is 2.06. The Hall–Kier alpha value is -4.98. The Morgan fingerprint density at radius 2 is 1.66 bits per heavy atom. The van der Waals surface area contributed by atoms with Crippen LogP contribution in [0.1, 0.15) is 43.4 Å². The maximum atomic E-state index is 13.2. The highest BCUT2D eigenvalue weighted by atomic mass is 19.4. The van der Waals surface area contributed by atoms with E-state index < -0.39 is 42.3 Å². The molecule has 3 aromatic carbocycles. The lowest BCUT2D eigenvalue weighted by Crippen LogP contribution is -2.33. The minimum absolute atomic E-state index is 0.123. The van der Waals surface area contributed by atoms with Gasteiger partial charge in [0.2, 0.25) is 0 Å². The molecule has 2 amide bonds.